The number of piperidine rings is 1. The third-order valence-electron chi connectivity index (χ3n) is 5.54. The van der Waals surface area contributed by atoms with Gasteiger partial charge in [-0.2, -0.15) is 0 Å². The van der Waals surface area contributed by atoms with Crippen molar-refractivity contribution in [3.63, 3.8) is 0 Å². The van der Waals surface area contributed by atoms with Crippen LogP contribution in [0.5, 0.6) is 0 Å². The molecule has 3 heterocycles. The standard InChI is InChI=1S/C19H25ClF3N3O2/c1-12(13-7-14(21)15(20)24-8-13)26-9-18(10-26)5-6-25(11-19(18,22)23)16(27)28-17(2,3)4/h7-8,12H,5-6,9-11H2,1-4H3. The number of ether oxygens (including phenoxy) is 1. The summed E-state index contributed by atoms with van der Waals surface area (Å²) in [5, 5.41) is -0.211. The van der Waals surface area contributed by atoms with Gasteiger partial charge in [-0.15, -0.1) is 0 Å². The minimum Gasteiger partial charge on any atom is -0.444 e. The SMILES string of the molecule is CC(c1cnc(Cl)c(F)c1)N1CC2(CCN(C(=O)OC(C)(C)C)CC2(F)F)C1. The lowest BCUT2D eigenvalue weighted by Gasteiger charge is -2.58. The third-order valence-corrected chi connectivity index (χ3v) is 5.81. The molecule has 5 nitrogen and oxygen atoms in total. The second-order valence-electron chi connectivity index (χ2n) is 8.76. The molecular formula is C19H25ClF3N3O2. The Morgan fingerprint density at radius 2 is 1.96 bits per heavy atom. The average molecular weight is 420 g/mol. The minimum absolute atomic E-state index is 0.174. The number of hydrogen-bond acceptors (Lipinski definition) is 4. The zero-order chi connectivity index (χ0) is 20.9. The summed E-state index contributed by atoms with van der Waals surface area (Å²) >= 11 is 5.60. The summed E-state index contributed by atoms with van der Waals surface area (Å²) in [7, 11) is 0. The molecule has 28 heavy (non-hydrogen) atoms. The molecular weight excluding hydrogens is 395 g/mol. The van der Waals surface area contributed by atoms with Gasteiger partial charge in [0.05, 0.1) is 12.0 Å². The molecule has 1 atom stereocenters. The lowest BCUT2D eigenvalue weighted by Crippen LogP contribution is -2.70. The van der Waals surface area contributed by atoms with Crippen molar-refractivity contribution in [1.29, 1.82) is 0 Å². The number of aromatic nitrogens is 1. The van der Waals surface area contributed by atoms with E-state index in [0.717, 1.165) is 4.90 Å². The number of carbonyl (C=O) groups is 1. The lowest BCUT2D eigenvalue weighted by molar-refractivity contribution is -0.227. The molecule has 0 aromatic carbocycles. The van der Waals surface area contributed by atoms with Gasteiger partial charge in [-0.1, -0.05) is 11.6 Å². The summed E-state index contributed by atoms with van der Waals surface area (Å²) in [6, 6.07) is 1.03. The number of nitrogens with zero attached hydrogens (tertiary/aromatic N) is 3. The molecule has 1 spiro atoms. The van der Waals surface area contributed by atoms with Gasteiger partial charge in [0.2, 0.25) is 0 Å². The molecule has 0 saturated carbocycles. The number of rotatable bonds is 2. The van der Waals surface area contributed by atoms with Crippen LogP contribution in [0.3, 0.4) is 0 Å². The lowest BCUT2D eigenvalue weighted by atomic mass is 9.68. The van der Waals surface area contributed by atoms with E-state index in [2.05, 4.69) is 4.98 Å². The largest absolute Gasteiger partial charge is 0.444 e. The number of likely N-dealkylation sites (tertiary alicyclic amines) is 2. The van der Waals surface area contributed by atoms with E-state index in [1.165, 1.54) is 12.3 Å². The fraction of sp³-hybridized carbons (Fsp3) is 0.684. The number of hydrogen-bond donors (Lipinski definition) is 0. The zero-order valence-electron chi connectivity index (χ0n) is 16.4. The van der Waals surface area contributed by atoms with Crippen molar-refractivity contribution >= 4 is 17.7 Å². The van der Waals surface area contributed by atoms with Gasteiger partial charge in [0.15, 0.2) is 11.0 Å². The molecule has 156 valence electrons. The van der Waals surface area contributed by atoms with Crippen molar-refractivity contribution in [2.45, 2.75) is 51.7 Å². The minimum atomic E-state index is -3.03. The molecule has 0 N–H and O–H groups in total. The first-order valence-electron chi connectivity index (χ1n) is 9.24. The van der Waals surface area contributed by atoms with Crippen LogP contribution in [0.2, 0.25) is 5.15 Å². The zero-order valence-corrected chi connectivity index (χ0v) is 17.2. The van der Waals surface area contributed by atoms with Crippen molar-refractivity contribution in [2.24, 2.45) is 5.41 Å². The summed E-state index contributed by atoms with van der Waals surface area (Å²) in [6.45, 7) is 6.85. The highest BCUT2D eigenvalue weighted by Crippen LogP contribution is 2.52. The smallest absolute Gasteiger partial charge is 0.410 e. The van der Waals surface area contributed by atoms with E-state index in [4.69, 9.17) is 16.3 Å². The van der Waals surface area contributed by atoms with Gasteiger partial charge < -0.3 is 9.64 Å². The first-order valence-corrected chi connectivity index (χ1v) is 9.62. The van der Waals surface area contributed by atoms with E-state index < -0.39 is 35.4 Å². The maximum atomic E-state index is 14.9. The predicted octanol–water partition coefficient (Wildman–Crippen LogP) is 4.51. The van der Waals surface area contributed by atoms with Crippen LogP contribution >= 0.6 is 11.6 Å². The van der Waals surface area contributed by atoms with Crippen LogP contribution in [0.15, 0.2) is 12.3 Å². The molecule has 2 aliphatic heterocycles. The fourth-order valence-electron chi connectivity index (χ4n) is 3.77. The number of amides is 1. The highest BCUT2D eigenvalue weighted by Gasteiger charge is 2.63. The number of carbonyl (C=O) groups excluding carboxylic acids is 1. The average Bonchev–Trinajstić information content (AvgIpc) is 2.52. The Morgan fingerprint density at radius 3 is 2.50 bits per heavy atom. The van der Waals surface area contributed by atoms with E-state index in [0.29, 0.717) is 5.56 Å². The Hall–Kier alpha value is -1.54. The van der Waals surface area contributed by atoms with E-state index in [1.807, 2.05) is 11.8 Å². The molecule has 2 fully saturated rings. The summed E-state index contributed by atoms with van der Waals surface area (Å²) in [5.41, 5.74) is -1.32. The van der Waals surface area contributed by atoms with Gasteiger partial charge in [0, 0.05) is 31.9 Å². The van der Waals surface area contributed by atoms with Gasteiger partial charge in [-0.25, -0.2) is 22.9 Å². The summed E-state index contributed by atoms with van der Waals surface area (Å²) in [4.78, 5) is 18.9. The van der Waals surface area contributed by atoms with Crippen LogP contribution in [0.4, 0.5) is 18.0 Å². The first kappa shape index (κ1) is 21.2. The molecule has 1 aromatic heterocycles. The molecule has 3 rings (SSSR count). The normalized spacial score (nSPS) is 22.6. The Kier molecular flexibility index (Phi) is 5.34. The van der Waals surface area contributed by atoms with Crippen molar-refractivity contribution < 1.29 is 22.7 Å². The Morgan fingerprint density at radius 1 is 1.32 bits per heavy atom. The molecule has 1 amide bonds. The molecule has 2 saturated heterocycles. The first-order chi connectivity index (χ1) is 12.8. The van der Waals surface area contributed by atoms with Crippen molar-refractivity contribution in [3.05, 3.63) is 28.8 Å². The topological polar surface area (TPSA) is 45.7 Å². The molecule has 9 heteroatoms. The van der Waals surface area contributed by atoms with Crippen LogP contribution in [0, 0.1) is 11.2 Å². The summed E-state index contributed by atoms with van der Waals surface area (Å²) in [6.07, 6.45) is 0.939. The van der Waals surface area contributed by atoms with Gasteiger partial charge >= 0.3 is 6.09 Å². The Labute approximate surface area is 167 Å². The van der Waals surface area contributed by atoms with Gasteiger partial charge in [0.1, 0.15) is 5.60 Å². The number of alkyl halides is 2. The summed E-state index contributed by atoms with van der Waals surface area (Å²) < 4.78 is 48.7. The maximum Gasteiger partial charge on any atom is 0.410 e. The number of pyridine rings is 1. The molecule has 1 aromatic rings. The van der Waals surface area contributed by atoms with E-state index in [-0.39, 0.29) is 37.3 Å². The highest BCUT2D eigenvalue weighted by molar-refractivity contribution is 6.29. The quantitative estimate of drug-likeness (QED) is 0.661. The second-order valence-corrected chi connectivity index (χ2v) is 9.12. The molecule has 1 unspecified atom stereocenters. The fourth-order valence-corrected chi connectivity index (χ4v) is 3.87. The second kappa shape index (κ2) is 7.06. The van der Waals surface area contributed by atoms with Crippen molar-refractivity contribution in [1.82, 2.24) is 14.8 Å². The predicted molar refractivity (Wildman–Crippen MR) is 99.0 cm³/mol. The molecule has 0 bridgehead atoms. The van der Waals surface area contributed by atoms with Gasteiger partial charge in [0.25, 0.3) is 5.92 Å². The summed E-state index contributed by atoms with van der Waals surface area (Å²) in [5.74, 6) is -3.65. The van der Waals surface area contributed by atoms with Gasteiger partial charge in [-0.3, -0.25) is 4.90 Å². The van der Waals surface area contributed by atoms with Gasteiger partial charge in [-0.05, 0) is 45.7 Å². The molecule has 2 aliphatic rings. The van der Waals surface area contributed by atoms with E-state index >= 15 is 0 Å². The van der Waals surface area contributed by atoms with Crippen LogP contribution in [0.25, 0.3) is 0 Å². The van der Waals surface area contributed by atoms with Crippen LogP contribution in [-0.4, -0.2) is 58.6 Å². The van der Waals surface area contributed by atoms with Crippen LogP contribution in [0.1, 0.15) is 45.7 Å². The van der Waals surface area contributed by atoms with Crippen LogP contribution < -0.4 is 0 Å². The van der Waals surface area contributed by atoms with E-state index in [9.17, 15) is 18.0 Å². The monoisotopic (exact) mass is 419 g/mol. The van der Waals surface area contributed by atoms with Crippen LogP contribution in [-0.2, 0) is 4.74 Å². The molecule has 0 aliphatic carbocycles. The maximum absolute atomic E-state index is 14.9. The Balaban J connectivity index is 1.64. The van der Waals surface area contributed by atoms with Crippen molar-refractivity contribution in [2.75, 3.05) is 26.2 Å². The van der Waals surface area contributed by atoms with Crippen molar-refractivity contribution in [3.8, 4) is 0 Å². The number of halogens is 4. The Bertz CT molecular complexity index is 763. The third kappa shape index (κ3) is 3.94. The highest BCUT2D eigenvalue weighted by atomic mass is 35.5. The van der Waals surface area contributed by atoms with E-state index in [1.54, 1.807) is 20.8 Å². The molecule has 0 radical (unpaired) electrons.